The lowest BCUT2D eigenvalue weighted by molar-refractivity contribution is -0.191. The maximum absolute atomic E-state index is 14.8. The summed E-state index contributed by atoms with van der Waals surface area (Å²) in [7, 11) is 0. The van der Waals surface area contributed by atoms with Gasteiger partial charge in [-0.05, 0) is 25.3 Å². The second-order valence-corrected chi connectivity index (χ2v) is 6.52. The molecule has 22 heavy (non-hydrogen) atoms. The summed E-state index contributed by atoms with van der Waals surface area (Å²) in [4.78, 5) is 0. The monoisotopic (exact) mass is 310 g/mol. The summed E-state index contributed by atoms with van der Waals surface area (Å²) in [6.07, 6.45) is 14.6. The molecule has 2 aliphatic carbocycles. The zero-order chi connectivity index (χ0) is 16.1. The van der Waals surface area contributed by atoms with Crippen LogP contribution in [0.1, 0.15) is 58.3 Å². The quantitative estimate of drug-likeness (QED) is 0.424. The summed E-state index contributed by atoms with van der Waals surface area (Å²) in [6, 6.07) is 0. The number of hydrogen-bond donors (Lipinski definition) is 0. The molecule has 124 valence electrons. The number of allylic oxidation sites excluding steroid dienone is 3. The highest BCUT2D eigenvalue weighted by Gasteiger charge is 2.62. The highest BCUT2D eigenvalue weighted by Crippen LogP contribution is 2.56. The molecule has 3 heteroatoms. The first-order valence-electron chi connectivity index (χ1n) is 8.56. The van der Waals surface area contributed by atoms with Gasteiger partial charge in [-0.3, -0.25) is 0 Å². The molecule has 0 bridgehead atoms. The Morgan fingerprint density at radius 3 is 2.36 bits per heavy atom. The maximum Gasteiger partial charge on any atom is 0.281 e. The van der Waals surface area contributed by atoms with Crippen molar-refractivity contribution in [3.8, 4) is 0 Å². The smallest absolute Gasteiger partial charge is 0.281 e. The topological polar surface area (TPSA) is 9.23 Å². The van der Waals surface area contributed by atoms with Gasteiger partial charge in [0.15, 0.2) is 0 Å². The fourth-order valence-corrected chi connectivity index (χ4v) is 3.90. The Morgan fingerprint density at radius 2 is 1.77 bits per heavy atom. The minimum absolute atomic E-state index is 0.553. The van der Waals surface area contributed by atoms with E-state index in [2.05, 4.69) is 13.5 Å². The van der Waals surface area contributed by atoms with Crippen LogP contribution >= 0.6 is 0 Å². The van der Waals surface area contributed by atoms with Crippen LogP contribution in [0.5, 0.6) is 0 Å². The van der Waals surface area contributed by atoms with E-state index in [1.165, 1.54) is 12.2 Å². The largest absolute Gasteiger partial charge is 0.374 e. The first-order valence-corrected chi connectivity index (χ1v) is 8.56. The minimum atomic E-state index is -2.95. The summed E-state index contributed by atoms with van der Waals surface area (Å²) in [5, 5.41) is 0. The molecule has 2 aliphatic rings. The van der Waals surface area contributed by atoms with Crippen molar-refractivity contribution in [2.75, 3.05) is 6.61 Å². The van der Waals surface area contributed by atoms with Crippen LogP contribution in [0, 0.1) is 5.41 Å². The molecule has 0 amide bonds. The molecule has 0 heterocycles. The van der Waals surface area contributed by atoms with Crippen molar-refractivity contribution in [1.29, 1.82) is 0 Å². The molecular formula is C19H28F2O. The fourth-order valence-electron chi connectivity index (χ4n) is 3.90. The van der Waals surface area contributed by atoms with Gasteiger partial charge < -0.3 is 4.74 Å². The molecule has 1 unspecified atom stereocenters. The number of alkyl halides is 2. The summed E-state index contributed by atoms with van der Waals surface area (Å²) in [5.41, 5.74) is -2.26. The van der Waals surface area contributed by atoms with Gasteiger partial charge in [0.05, 0.1) is 5.60 Å². The molecule has 1 atom stereocenters. The molecule has 0 N–H and O–H groups in total. The van der Waals surface area contributed by atoms with Crippen LogP contribution in [0.4, 0.5) is 8.78 Å². The van der Waals surface area contributed by atoms with Gasteiger partial charge >= 0.3 is 0 Å². The van der Waals surface area contributed by atoms with Gasteiger partial charge in [0.1, 0.15) is 5.41 Å². The average Bonchev–Trinajstić information content (AvgIpc) is 2.52. The lowest BCUT2D eigenvalue weighted by Crippen LogP contribution is -2.58. The van der Waals surface area contributed by atoms with E-state index in [-0.39, 0.29) is 0 Å². The Labute approximate surface area is 133 Å². The summed E-state index contributed by atoms with van der Waals surface area (Å²) < 4.78 is 35.9. The maximum atomic E-state index is 14.8. The van der Waals surface area contributed by atoms with E-state index in [9.17, 15) is 8.78 Å². The molecule has 1 saturated carbocycles. The van der Waals surface area contributed by atoms with Crippen molar-refractivity contribution in [3.63, 3.8) is 0 Å². The number of rotatable bonds is 7. The molecule has 0 aromatic heterocycles. The minimum Gasteiger partial charge on any atom is -0.374 e. The third kappa shape index (κ3) is 2.92. The van der Waals surface area contributed by atoms with Crippen molar-refractivity contribution in [1.82, 2.24) is 0 Å². The Bertz CT molecular complexity index is 433. The van der Waals surface area contributed by atoms with E-state index >= 15 is 0 Å². The molecule has 0 radical (unpaired) electrons. The second-order valence-electron chi connectivity index (χ2n) is 6.52. The molecule has 0 aromatic carbocycles. The number of hydrogen-bond acceptors (Lipinski definition) is 1. The molecule has 1 nitrogen and oxygen atoms in total. The van der Waals surface area contributed by atoms with E-state index in [0.29, 0.717) is 19.4 Å². The van der Waals surface area contributed by atoms with Crippen LogP contribution in [0.2, 0.25) is 0 Å². The normalized spacial score (nSPS) is 29.4. The SMILES string of the molecule is C=CC1(C2(OCCCCC)CCCCC2)C=CC=CC1(F)F. The van der Waals surface area contributed by atoms with Crippen LogP contribution in [-0.4, -0.2) is 18.1 Å². The second kappa shape index (κ2) is 7.08. The van der Waals surface area contributed by atoms with Crippen LogP contribution in [0.15, 0.2) is 37.0 Å². The van der Waals surface area contributed by atoms with Crippen LogP contribution in [0.3, 0.4) is 0 Å². The van der Waals surface area contributed by atoms with Crippen molar-refractivity contribution < 1.29 is 13.5 Å². The van der Waals surface area contributed by atoms with Gasteiger partial charge in [0.25, 0.3) is 5.92 Å². The molecule has 0 aromatic rings. The van der Waals surface area contributed by atoms with Crippen LogP contribution < -0.4 is 0 Å². The van der Waals surface area contributed by atoms with E-state index in [4.69, 9.17) is 4.74 Å². The van der Waals surface area contributed by atoms with E-state index in [1.54, 1.807) is 12.2 Å². The van der Waals surface area contributed by atoms with Crippen LogP contribution in [-0.2, 0) is 4.74 Å². The predicted octanol–water partition coefficient (Wildman–Crippen LogP) is 5.83. The highest BCUT2D eigenvalue weighted by molar-refractivity contribution is 5.34. The molecule has 0 saturated heterocycles. The van der Waals surface area contributed by atoms with Gasteiger partial charge in [0.2, 0.25) is 0 Å². The average molecular weight is 310 g/mol. The predicted molar refractivity (Wildman–Crippen MR) is 87.2 cm³/mol. The van der Waals surface area contributed by atoms with Gasteiger partial charge in [0, 0.05) is 6.61 Å². The molecule has 0 spiro atoms. The van der Waals surface area contributed by atoms with Gasteiger partial charge in [-0.25, -0.2) is 8.78 Å². The van der Waals surface area contributed by atoms with Crippen molar-refractivity contribution in [3.05, 3.63) is 37.0 Å². The molecular weight excluding hydrogens is 282 g/mol. The van der Waals surface area contributed by atoms with Crippen molar-refractivity contribution in [2.45, 2.75) is 69.8 Å². The first-order chi connectivity index (χ1) is 10.5. The number of unbranched alkanes of at least 4 members (excludes halogenated alkanes) is 2. The van der Waals surface area contributed by atoms with Gasteiger partial charge in [-0.15, -0.1) is 6.58 Å². The summed E-state index contributed by atoms with van der Waals surface area (Å²) in [6.45, 7) is 6.45. The first kappa shape index (κ1) is 17.4. The van der Waals surface area contributed by atoms with Crippen molar-refractivity contribution >= 4 is 0 Å². The summed E-state index contributed by atoms with van der Waals surface area (Å²) in [5.74, 6) is -2.95. The zero-order valence-corrected chi connectivity index (χ0v) is 13.6. The Balaban J connectivity index is 2.31. The molecule has 0 aliphatic heterocycles. The zero-order valence-electron chi connectivity index (χ0n) is 13.6. The Morgan fingerprint density at radius 1 is 1.09 bits per heavy atom. The van der Waals surface area contributed by atoms with E-state index < -0.39 is 16.9 Å². The van der Waals surface area contributed by atoms with Gasteiger partial charge in [-0.1, -0.05) is 63.3 Å². The summed E-state index contributed by atoms with van der Waals surface area (Å²) >= 11 is 0. The number of ether oxygens (including phenoxy) is 1. The lowest BCUT2D eigenvalue weighted by Gasteiger charge is -2.52. The van der Waals surface area contributed by atoms with Crippen molar-refractivity contribution in [2.24, 2.45) is 5.41 Å². The third-order valence-corrected chi connectivity index (χ3v) is 5.19. The third-order valence-electron chi connectivity index (χ3n) is 5.19. The highest BCUT2D eigenvalue weighted by atomic mass is 19.3. The molecule has 2 rings (SSSR count). The fraction of sp³-hybridized carbons (Fsp3) is 0.684. The number of halogens is 2. The van der Waals surface area contributed by atoms with E-state index in [0.717, 1.165) is 44.6 Å². The lowest BCUT2D eigenvalue weighted by atomic mass is 9.60. The standard InChI is InChI=1S/C19H28F2O/c1-3-5-11-16-22-18(13-7-6-8-14-18)17(4-2)12-9-10-15-19(17,20)21/h4,9-10,12,15H,2-3,5-8,11,13-14,16H2,1H3. The van der Waals surface area contributed by atoms with E-state index in [1.807, 2.05) is 0 Å². The van der Waals surface area contributed by atoms with Crippen LogP contribution in [0.25, 0.3) is 0 Å². The molecule has 1 fully saturated rings. The Hall–Kier alpha value is -0.960. The van der Waals surface area contributed by atoms with Gasteiger partial charge in [-0.2, -0.15) is 0 Å². The Kier molecular flexibility index (Phi) is 5.60.